The number of furan rings is 1. The Morgan fingerprint density at radius 2 is 1.24 bits per heavy atom. The van der Waals surface area contributed by atoms with E-state index in [1.165, 1.54) is 36.9 Å². The molecule has 2 aromatic heterocycles. The molecule has 41 heavy (non-hydrogen) atoms. The molecule has 0 amide bonds. The normalized spacial score (nSPS) is 16.4. The fourth-order valence-corrected chi connectivity index (χ4v) is 7.25. The van der Waals surface area contributed by atoms with E-state index in [9.17, 15) is 0 Å². The Bertz CT molecular complexity index is 2100. The van der Waals surface area contributed by atoms with Gasteiger partial charge in [0.1, 0.15) is 11.2 Å². The van der Waals surface area contributed by atoms with E-state index in [0.29, 0.717) is 0 Å². The highest BCUT2D eigenvalue weighted by Gasteiger charge is 2.52. The zero-order valence-corrected chi connectivity index (χ0v) is 24.3. The lowest BCUT2D eigenvalue weighted by molar-refractivity contribution is 0.00578. The Labute approximate surface area is 243 Å². The molecule has 5 aromatic carbocycles. The molecular formula is C36H29BO3S. The molecule has 0 radical (unpaired) electrons. The van der Waals surface area contributed by atoms with Crippen LogP contribution in [0.25, 0.3) is 64.4 Å². The third-order valence-corrected chi connectivity index (χ3v) is 10.0. The summed E-state index contributed by atoms with van der Waals surface area (Å²) in [4.78, 5) is 0. The van der Waals surface area contributed by atoms with E-state index in [2.05, 4.69) is 119 Å². The second-order valence-corrected chi connectivity index (χ2v) is 13.1. The van der Waals surface area contributed by atoms with Crippen LogP contribution < -0.4 is 5.46 Å². The fraction of sp³-hybridized carbons (Fsp3) is 0.167. The third-order valence-electron chi connectivity index (χ3n) is 8.91. The van der Waals surface area contributed by atoms with Crippen molar-refractivity contribution in [1.29, 1.82) is 0 Å². The van der Waals surface area contributed by atoms with Crippen molar-refractivity contribution in [2.75, 3.05) is 0 Å². The molecule has 0 N–H and O–H groups in total. The van der Waals surface area contributed by atoms with E-state index >= 15 is 0 Å². The number of para-hydroxylation sites is 1. The van der Waals surface area contributed by atoms with Gasteiger partial charge in [-0.05, 0) is 85.7 Å². The Balaban J connectivity index is 1.46. The summed E-state index contributed by atoms with van der Waals surface area (Å²) < 4.78 is 22.3. The molecule has 0 unspecified atom stereocenters. The Morgan fingerprint density at radius 3 is 2.02 bits per heavy atom. The predicted octanol–water partition coefficient (Wildman–Crippen LogP) is 9.59. The van der Waals surface area contributed by atoms with Gasteiger partial charge in [0.05, 0.1) is 11.2 Å². The van der Waals surface area contributed by atoms with Gasteiger partial charge in [0.25, 0.3) is 0 Å². The van der Waals surface area contributed by atoms with Crippen molar-refractivity contribution in [3.05, 3.63) is 103 Å². The SMILES string of the molecule is CC1(C)OB(c2cc(-c3cc(-c4ccccc4)cc4sc5ccccc5c34)cc3oc4ccccc4c23)OC1(C)C. The molecule has 0 atom stereocenters. The maximum Gasteiger partial charge on any atom is 0.495 e. The van der Waals surface area contributed by atoms with E-state index in [4.69, 9.17) is 13.7 Å². The van der Waals surface area contributed by atoms with Gasteiger partial charge in [-0.3, -0.25) is 0 Å². The zero-order valence-electron chi connectivity index (χ0n) is 23.5. The molecule has 0 aliphatic carbocycles. The minimum absolute atomic E-state index is 0.455. The maximum absolute atomic E-state index is 6.64. The molecule has 0 spiro atoms. The number of thiophene rings is 1. The van der Waals surface area contributed by atoms with E-state index < -0.39 is 18.3 Å². The van der Waals surface area contributed by atoms with Crippen LogP contribution in [0.4, 0.5) is 0 Å². The van der Waals surface area contributed by atoms with Gasteiger partial charge in [-0.2, -0.15) is 0 Å². The molecule has 7 aromatic rings. The van der Waals surface area contributed by atoms with Crippen molar-refractivity contribution in [1.82, 2.24) is 0 Å². The van der Waals surface area contributed by atoms with Gasteiger partial charge in [-0.25, -0.2) is 0 Å². The van der Waals surface area contributed by atoms with Gasteiger partial charge in [0.15, 0.2) is 0 Å². The first-order valence-electron chi connectivity index (χ1n) is 14.1. The summed E-state index contributed by atoms with van der Waals surface area (Å²) in [5.74, 6) is 0. The number of benzene rings is 5. The number of rotatable bonds is 3. The van der Waals surface area contributed by atoms with Crippen molar-refractivity contribution in [2.45, 2.75) is 38.9 Å². The molecule has 3 nitrogen and oxygen atoms in total. The Hall–Kier alpha value is -3.90. The number of hydrogen-bond acceptors (Lipinski definition) is 4. The Morgan fingerprint density at radius 1 is 0.561 bits per heavy atom. The van der Waals surface area contributed by atoms with Crippen molar-refractivity contribution in [3.63, 3.8) is 0 Å². The smallest absolute Gasteiger partial charge is 0.456 e. The van der Waals surface area contributed by atoms with Crippen LogP contribution in [0, 0.1) is 0 Å². The molecule has 0 bridgehead atoms. The molecule has 5 heteroatoms. The number of fused-ring (bicyclic) bond motifs is 6. The zero-order chi connectivity index (χ0) is 27.9. The fourth-order valence-electron chi connectivity index (χ4n) is 6.08. The molecule has 1 aliphatic heterocycles. The summed E-state index contributed by atoms with van der Waals surface area (Å²) in [7, 11) is -0.518. The molecule has 200 valence electrons. The standard InChI is InChI=1S/C36H29BO3S/c1-35(2)36(3,4)40-37(39-35)28-19-24(20-30-34(28)25-14-8-10-16-29(25)38-30)27-18-23(22-12-6-5-7-13-22)21-32-33(27)26-15-9-11-17-31(26)41-32/h5-21H,1-4H3. The van der Waals surface area contributed by atoms with Crippen LogP contribution in [-0.4, -0.2) is 18.3 Å². The predicted molar refractivity (Wildman–Crippen MR) is 173 cm³/mol. The van der Waals surface area contributed by atoms with Crippen LogP contribution in [0.5, 0.6) is 0 Å². The van der Waals surface area contributed by atoms with Gasteiger partial charge in [0.2, 0.25) is 0 Å². The lowest BCUT2D eigenvalue weighted by Crippen LogP contribution is -2.41. The van der Waals surface area contributed by atoms with Crippen molar-refractivity contribution in [2.24, 2.45) is 0 Å². The lowest BCUT2D eigenvalue weighted by atomic mass is 9.75. The van der Waals surface area contributed by atoms with Crippen LogP contribution in [0.3, 0.4) is 0 Å². The topological polar surface area (TPSA) is 31.6 Å². The van der Waals surface area contributed by atoms with Crippen molar-refractivity contribution in [3.8, 4) is 22.3 Å². The molecular weight excluding hydrogens is 523 g/mol. The van der Waals surface area contributed by atoms with E-state index in [1.807, 2.05) is 23.5 Å². The highest BCUT2D eigenvalue weighted by molar-refractivity contribution is 7.26. The van der Waals surface area contributed by atoms with Crippen LogP contribution in [0.1, 0.15) is 27.7 Å². The molecule has 0 saturated carbocycles. The minimum Gasteiger partial charge on any atom is -0.456 e. The molecule has 1 fully saturated rings. The first-order valence-corrected chi connectivity index (χ1v) is 14.9. The van der Waals surface area contributed by atoms with Crippen LogP contribution in [0.2, 0.25) is 0 Å². The van der Waals surface area contributed by atoms with Crippen molar-refractivity contribution >= 4 is 66.0 Å². The summed E-state index contributed by atoms with van der Waals surface area (Å²) in [5, 5.41) is 4.65. The summed E-state index contributed by atoms with van der Waals surface area (Å²) in [6.45, 7) is 8.41. The van der Waals surface area contributed by atoms with Gasteiger partial charge < -0.3 is 13.7 Å². The second kappa shape index (κ2) is 8.80. The quantitative estimate of drug-likeness (QED) is 0.205. The van der Waals surface area contributed by atoms with E-state index in [0.717, 1.165) is 33.0 Å². The molecule has 1 saturated heterocycles. The van der Waals surface area contributed by atoms with Gasteiger partial charge >= 0.3 is 7.12 Å². The molecule has 8 rings (SSSR count). The summed E-state index contributed by atoms with van der Waals surface area (Å²) in [5.41, 5.74) is 6.46. The monoisotopic (exact) mass is 552 g/mol. The first-order chi connectivity index (χ1) is 19.8. The summed E-state index contributed by atoms with van der Waals surface area (Å²) >= 11 is 1.84. The third kappa shape index (κ3) is 3.80. The minimum atomic E-state index is -0.518. The maximum atomic E-state index is 6.64. The summed E-state index contributed by atoms with van der Waals surface area (Å²) in [6, 6.07) is 36.6. The van der Waals surface area contributed by atoms with E-state index in [1.54, 1.807) is 0 Å². The number of hydrogen-bond donors (Lipinski definition) is 0. The Kier molecular flexibility index (Phi) is 5.34. The van der Waals surface area contributed by atoms with Gasteiger partial charge in [-0.1, -0.05) is 72.8 Å². The highest BCUT2D eigenvalue weighted by atomic mass is 32.1. The van der Waals surface area contributed by atoms with Crippen LogP contribution >= 0.6 is 11.3 Å². The highest BCUT2D eigenvalue weighted by Crippen LogP contribution is 2.44. The van der Waals surface area contributed by atoms with Crippen LogP contribution in [0.15, 0.2) is 108 Å². The van der Waals surface area contributed by atoms with E-state index in [-0.39, 0.29) is 0 Å². The average molecular weight is 553 g/mol. The van der Waals surface area contributed by atoms with Gasteiger partial charge in [0, 0.05) is 30.9 Å². The second-order valence-electron chi connectivity index (χ2n) is 12.0. The van der Waals surface area contributed by atoms with Crippen molar-refractivity contribution < 1.29 is 13.7 Å². The summed E-state index contributed by atoms with van der Waals surface area (Å²) in [6.07, 6.45) is 0. The lowest BCUT2D eigenvalue weighted by Gasteiger charge is -2.32. The van der Waals surface area contributed by atoms with Gasteiger partial charge in [-0.15, -0.1) is 11.3 Å². The largest absolute Gasteiger partial charge is 0.495 e. The molecule has 1 aliphatic rings. The first kappa shape index (κ1) is 24.9. The average Bonchev–Trinajstić information content (AvgIpc) is 3.60. The van der Waals surface area contributed by atoms with Crippen LogP contribution in [-0.2, 0) is 9.31 Å². The molecule has 3 heterocycles.